The van der Waals surface area contributed by atoms with E-state index in [2.05, 4.69) is 78.6 Å². The van der Waals surface area contributed by atoms with E-state index in [9.17, 15) is 91.5 Å². The average molecular weight is 1820 g/mol. The second kappa shape index (κ2) is 59.9. The number of anilines is 2. The SMILES string of the molecule is Cc1ccccc1NC(=O)Nc1ccc(CC(=O)N[C@@H](CCCCNC(=O)/C=C/c2cccnc2)C(=O)N[C@@H](CCCC(=O)O)C(=O)NC2(C(=O)NCCOCCOCCNC(=O)CCC(=O)NCCOCCOCCNC(=O)CCC(=O)N[C@@H](CCCCNC(=O)[C@H](N)CSC3CC(=O)N(CC(=O)NCCCC(C)(O)O[P+](=O)O)C3=O)C(N)=O)CCCCC2)cc1. The van der Waals surface area contributed by atoms with Gasteiger partial charge in [-0.2, -0.15) is 0 Å². The highest BCUT2D eigenvalue weighted by Gasteiger charge is 2.44. The normalized spacial score (nSPS) is 15.0. The van der Waals surface area contributed by atoms with Gasteiger partial charge in [-0.1, -0.05) is 60.2 Å². The third-order valence-corrected chi connectivity index (χ3v) is 21.6. The molecule has 2 aromatic carbocycles. The number of likely N-dealkylation sites (tertiary alicyclic amines) is 1. The minimum atomic E-state index is -3.05. The fourth-order valence-corrected chi connectivity index (χ4v) is 14.5. The molecule has 1 aliphatic carbocycles. The Kier molecular flexibility index (Phi) is 50.2. The molecule has 0 spiro atoms. The molecule has 2 aliphatic rings. The number of ether oxygens (including phenoxy) is 4. The summed E-state index contributed by atoms with van der Waals surface area (Å²) in [5, 5.41) is 53.9. The maximum atomic E-state index is 14.4. The maximum absolute atomic E-state index is 14.4. The van der Waals surface area contributed by atoms with Crippen molar-refractivity contribution in [1.29, 1.82) is 0 Å². The van der Waals surface area contributed by atoms with Crippen LogP contribution in [0.15, 0.2) is 79.1 Å². The number of aliphatic hydroxyl groups is 1. The molecule has 1 aliphatic heterocycles. The Morgan fingerprint density at radius 2 is 1.16 bits per heavy atom. The summed E-state index contributed by atoms with van der Waals surface area (Å²) in [6.07, 6.45) is 9.06. The van der Waals surface area contributed by atoms with Crippen LogP contribution in [0, 0.1) is 6.92 Å². The first-order chi connectivity index (χ1) is 60.8. The fourth-order valence-electron chi connectivity index (χ4n) is 12.9. The lowest BCUT2D eigenvalue weighted by Gasteiger charge is -2.38. The van der Waals surface area contributed by atoms with Gasteiger partial charge in [-0.25, -0.2) is 4.79 Å². The molecule has 1 aromatic heterocycles. The number of hydrogen-bond donors (Lipinski definition) is 18. The highest BCUT2D eigenvalue weighted by Crippen LogP contribution is 2.31. The van der Waals surface area contributed by atoms with E-state index in [1.807, 2.05) is 19.1 Å². The second-order valence-electron chi connectivity index (χ2n) is 30.2. The van der Waals surface area contributed by atoms with Crippen LogP contribution in [-0.2, 0) is 106 Å². The lowest BCUT2D eigenvalue weighted by atomic mass is 9.80. The molecular weight excluding hydrogens is 1700 g/mol. The quantitative estimate of drug-likeness (QED) is 0.0120. The zero-order valence-corrected chi connectivity index (χ0v) is 73.5. The summed E-state index contributed by atoms with van der Waals surface area (Å²) in [5.74, 6) is -10.8. The van der Waals surface area contributed by atoms with E-state index in [1.165, 1.54) is 13.0 Å². The van der Waals surface area contributed by atoms with Crippen molar-refractivity contribution in [1.82, 2.24) is 68.4 Å². The number of nitrogens with two attached hydrogens (primary N) is 2. The minimum Gasteiger partial charge on any atom is -0.481 e. The minimum absolute atomic E-state index is 0.0184. The summed E-state index contributed by atoms with van der Waals surface area (Å²) in [7, 11) is -3.05. The van der Waals surface area contributed by atoms with E-state index in [0.29, 0.717) is 55.5 Å². The molecule has 7 atom stereocenters. The van der Waals surface area contributed by atoms with Gasteiger partial charge in [-0.05, 0) is 132 Å². The van der Waals surface area contributed by atoms with Crippen molar-refractivity contribution in [2.45, 2.75) is 196 Å². The summed E-state index contributed by atoms with van der Waals surface area (Å²) in [6, 6.07) is 12.3. The van der Waals surface area contributed by atoms with Gasteiger partial charge in [0.25, 0.3) is 0 Å². The van der Waals surface area contributed by atoms with Crippen molar-refractivity contribution in [3.05, 3.63) is 95.8 Å². The number of para-hydroxylation sites is 1. The smallest absolute Gasteiger partial charge is 0.481 e. The second-order valence-corrected chi connectivity index (χ2v) is 32.1. The zero-order valence-electron chi connectivity index (χ0n) is 71.8. The van der Waals surface area contributed by atoms with Crippen LogP contribution in [-0.4, -0.2) is 271 Å². The lowest BCUT2D eigenvalue weighted by Crippen LogP contribution is -2.63. The molecule has 0 radical (unpaired) electrons. The van der Waals surface area contributed by atoms with E-state index >= 15 is 0 Å². The monoisotopic (exact) mass is 1820 g/mol. The number of hydrogen-bond acceptors (Lipinski definition) is 26. The number of nitrogens with one attached hydrogen (secondary N) is 13. The summed E-state index contributed by atoms with van der Waals surface area (Å²) >= 11 is 0.990. The number of nitrogens with zero attached hydrogens (tertiary/aromatic N) is 2. The van der Waals surface area contributed by atoms with E-state index in [0.717, 1.165) is 34.2 Å². The lowest BCUT2D eigenvalue weighted by molar-refractivity contribution is -0.142. The van der Waals surface area contributed by atoms with Gasteiger partial charge in [-0.3, -0.25) is 81.8 Å². The van der Waals surface area contributed by atoms with Crippen LogP contribution in [0.4, 0.5) is 16.2 Å². The average Bonchev–Trinajstić information content (AvgIpc) is 1.80. The van der Waals surface area contributed by atoms with Gasteiger partial charge in [-0.15, -0.1) is 16.7 Å². The highest BCUT2D eigenvalue weighted by atomic mass is 32.2. The number of unbranched alkanes of at least 4 members (excludes halogenated alkanes) is 2. The van der Waals surface area contributed by atoms with Gasteiger partial charge in [0.1, 0.15) is 30.2 Å². The third-order valence-electron chi connectivity index (χ3n) is 19.7. The Bertz CT molecular complexity index is 4130. The molecular formula is C83H123N17O25PS+. The van der Waals surface area contributed by atoms with E-state index in [1.54, 1.807) is 67.0 Å². The maximum Gasteiger partial charge on any atom is 0.697 e. The molecule has 2 heterocycles. The number of aryl methyl sites for hydroxylation is 1. The molecule has 20 N–H and O–H groups in total. The van der Waals surface area contributed by atoms with Crippen LogP contribution < -0.4 is 80.6 Å². The number of aliphatic carboxylic acids is 1. The topological polar surface area (TPSA) is 622 Å². The number of carboxylic acid groups (broad SMARTS) is 1. The van der Waals surface area contributed by atoms with Crippen LogP contribution in [0.25, 0.3) is 6.08 Å². The molecule has 5 rings (SSSR count). The number of benzene rings is 2. The van der Waals surface area contributed by atoms with E-state index in [4.69, 9.17) is 35.3 Å². The zero-order chi connectivity index (χ0) is 92.8. The summed E-state index contributed by atoms with van der Waals surface area (Å²) in [4.78, 5) is 220. The molecule has 0 bridgehead atoms. The van der Waals surface area contributed by atoms with Gasteiger partial charge in [0.05, 0.1) is 70.6 Å². The summed E-state index contributed by atoms with van der Waals surface area (Å²) in [5.41, 5.74) is 13.4. The number of thioether (sulfide) groups is 1. The first-order valence-electron chi connectivity index (χ1n) is 42.3. The Hall–Kier alpha value is -11.0. The van der Waals surface area contributed by atoms with Crippen molar-refractivity contribution in [2.75, 3.05) is 122 Å². The van der Waals surface area contributed by atoms with Crippen LogP contribution in [0.2, 0.25) is 0 Å². The summed E-state index contributed by atoms with van der Waals surface area (Å²) < 4.78 is 37.5. The fraction of sp³-hybridized carbons (Fsp3) is 0.578. The molecule has 1 saturated heterocycles. The van der Waals surface area contributed by atoms with Crippen molar-refractivity contribution in [3.8, 4) is 0 Å². The summed E-state index contributed by atoms with van der Waals surface area (Å²) in [6.45, 7) is 4.55. The number of amides is 16. The number of primary amides is 1. The number of pyridine rings is 1. The van der Waals surface area contributed by atoms with Gasteiger partial charge in [0, 0.05) is 131 Å². The van der Waals surface area contributed by atoms with Crippen LogP contribution in [0.3, 0.4) is 0 Å². The molecule has 1 saturated carbocycles. The number of carbonyl (C=O) groups is 16. The predicted octanol–water partition coefficient (Wildman–Crippen LogP) is 0.427. The first kappa shape index (κ1) is 107. The molecule has 3 unspecified atom stereocenters. The molecule has 42 nitrogen and oxygen atoms in total. The molecule has 44 heteroatoms. The molecule has 3 aromatic rings. The Balaban J connectivity index is 0.885. The Morgan fingerprint density at radius 3 is 1.74 bits per heavy atom. The van der Waals surface area contributed by atoms with E-state index < -0.39 is 133 Å². The molecule has 127 heavy (non-hydrogen) atoms. The predicted molar refractivity (Wildman–Crippen MR) is 465 cm³/mol. The molecule has 700 valence electrons. The number of carbonyl (C=O) groups excluding carboxylic acids is 15. The van der Waals surface area contributed by atoms with Gasteiger partial charge >= 0.3 is 20.3 Å². The van der Waals surface area contributed by atoms with Crippen LogP contribution >= 0.6 is 20.0 Å². The number of aromatic nitrogens is 1. The van der Waals surface area contributed by atoms with Crippen LogP contribution in [0.1, 0.15) is 158 Å². The van der Waals surface area contributed by atoms with Gasteiger partial charge in [0.2, 0.25) is 88.5 Å². The Morgan fingerprint density at radius 1 is 0.606 bits per heavy atom. The molecule has 16 amide bonds. The van der Waals surface area contributed by atoms with Crippen molar-refractivity contribution in [3.63, 3.8) is 0 Å². The number of carboxylic acids is 1. The third kappa shape index (κ3) is 45.3. The number of urea groups is 1. The molecule has 2 fully saturated rings. The van der Waals surface area contributed by atoms with Crippen LogP contribution in [0.5, 0.6) is 0 Å². The van der Waals surface area contributed by atoms with Crippen molar-refractivity contribution < 1.29 is 120 Å². The standard InChI is InChI=1S/C83H122N17O25PS/c1-56-15-4-5-17-61(56)98-81(117)94-59-25-22-57(23-26-59)51-71(106)96-63(19-7-10-36-87-66(101)27-24-58-16-13-35-86-53-58)77(113)97-64(20-12-21-74(109)110)78(114)99-83(33-8-3-9-34-83)80(116)93-42-46-124-50-49-123-44-40-90-68(103)29-28-67(102)89-39-43-121-47-48-122-45-41-91-69(104)30-31-70(105)95-62(75(85)111)18-6-11-37-92-76(112)60(84)55-127-65-52-73(108)100(79(65)115)54-72(107)88-38-14-32-82(2,118)125-126(119)120/h4-5,13,15-17,22-27,35,53,60,62-65,118H,3,6-12,14,18-21,28-34,36-52,54-55,84H2,1-2H3,(H16-,85,87,88,89,90,91,92,93,94,95,96,97,98,99,101,102,103,104,105,106,107,109,110,111,112,113,114,116,117,119,120)/p+1/b27-24+/t60-,62+,63+,64+,65?,82?/m1/s1. The number of rotatable bonds is 64. The highest BCUT2D eigenvalue weighted by molar-refractivity contribution is 8.00. The number of imide groups is 1. The van der Waals surface area contributed by atoms with Crippen molar-refractivity contribution in [2.24, 2.45) is 11.5 Å². The largest absolute Gasteiger partial charge is 0.697 e. The van der Waals surface area contributed by atoms with E-state index in [-0.39, 0.29) is 218 Å². The van der Waals surface area contributed by atoms with Gasteiger partial charge < -0.3 is 110 Å². The first-order valence-corrected chi connectivity index (χ1v) is 44.5. The Labute approximate surface area is 741 Å². The van der Waals surface area contributed by atoms with Crippen molar-refractivity contribution >= 4 is 132 Å². The van der Waals surface area contributed by atoms with Gasteiger partial charge in [0.15, 0.2) is 0 Å².